The average Bonchev–Trinajstić information content (AvgIpc) is 2.47. The smallest absolute Gasteiger partial charge is 0.193 e. The second kappa shape index (κ2) is 6.29. The van der Waals surface area contributed by atoms with Crippen molar-refractivity contribution in [1.29, 1.82) is 0 Å². The maximum absolute atomic E-state index is 12.4. The van der Waals surface area contributed by atoms with E-state index in [2.05, 4.69) is 15.9 Å². The van der Waals surface area contributed by atoms with E-state index >= 15 is 0 Å². The summed E-state index contributed by atoms with van der Waals surface area (Å²) in [7, 11) is 3.09. The van der Waals surface area contributed by atoms with Crippen molar-refractivity contribution in [2.45, 2.75) is 0 Å². The molecule has 0 heterocycles. The molecular weight excluding hydrogens is 344 g/mol. The Kier molecular flexibility index (Phi) is 4.68. The minimum Gasteiger partial charge on any atom is -0.496 e. The molecule has 0 bridgehead atoms. The fourth-order valence-corrected chi connectivity index (χ4v) is 2.51. The van der Waals surface area contributed by atoms with Crippen molar-refractivity contribution in [3.63, 3.8) is 0 Å². The van der Waals surface area contributed by atoms with Gasteiger partial charge in [0.25, 0.3) is 0 Å². The Morgan fingerprint density at radius 1 is 1.00 bits per heavy atom. The summed E-state index contributed by atoms with van der Waals surface area (Å²) >= 11 is 9.32. The van der Waals surface area contributed by atoms with Crippen molar-refractivity contribution < 1.29 is 14.3 Å². The highest BCUT2D eigenvalue weighted by molar-refractivity contribution is 9.10. The van der Waals surface area contributed by atoms with E-state index < -0.39 is 0 Å². The number of rotatable bonds is 4. The van der Waals surface area contributed by atoms with Gasteiger partial charge in [0.05, 0.1) is 23.7 Å². The van der Waals surface area contributed by atoms with Crippen LogP contribution in [0.2, 0.25) is 5.02 Å². The molecule has 3 nitrogen and oxygen atoms in total. The van der Waals surface area contributed by atoms with Crippen LogP contribution in [-0.2, 0) is 0 Å². The van der Waals surface area contributed by atoms with Crippen LogP contribution in [0.15, 0.2) is 40.9 Å². The molecule has 2 aromatic carbocycles. The highest BCUT2D eigenvalue weighted by Crippen LogP contribution is 2.29. The molecule has 2 rings (SSSR count). The topological polar surface area (TPSA) is 35.5 Å². The van der Waals surface area contributed by atoms with Gasteiger partial charge in [0.2, 0.25) is 0 Å². The van der Waals surface area contributed by atoms with E-state index in [-0.39, 0.29) is 5.78 Å². The van der Waals surface area contributed by atoms with E-state index in [4.69, 9.17) is 21.1 Å². The molecule has 0 unspecified atom stereocenters. The largest absolute Gasteiger partial charge is 0.496 e. The number of hydrogen-bond acceptors (Lipinski definition) is 3. The fraction of sp³-hybridized carbons (Fsp3) is 0.133. The van der Waals surface area contributed by atoms with E-state index in [1.54, 1.807) is 43.5 Å². The van der Waals surface area contributed by atoms with Crippen LogP contribution in [0.1, 0.15) is 15.9 Å². The molecule has 0 saturated carbocycles. The minimum absolute atomic E-state index is 0.108. The summed E-state index contributed by atoms with van der Waals surface area (Å²) in [6.45, 7) is 0. The Bertz CT molecular complexity index is 656. The number of ketones is 1. The Balaban J connectivity index is 2.38. The molecule has 0 spiro atoms. The first-order valence-corrected chi connectivity index (χ1v) is 6.95. The van der Waals surface area contributed by atoms with Gasteiger partial charge in [-0.05, 0) is 52.3 Å². The zero-order valence-corrected chi connectivity index (χ0v) is 13.3. The van der Waals surface area contributed by atoms with E-state index in [9.17, 15) is 4.79 Å². The van der Waals surface area contributed by atoms with Crippen LogP contribution in [0.3, 0.4) is 0 Å². The second-order valence-electron chi connectivity index (χ2n) is 4.03. The number of ether oxygens (including phenoxy) is 2. The van der Waals surface area contributed by atoms with Crippen LogP contribution in [0.25, 0.3) is 0 Å². The summed E-state index contributed by atoms with van der Waals surface area (Å²) in [6, 6.07) is 10.1. The third-order valence-corrected chi connectivity index (χ3v) is 3.76. The van der Waals surface area contributed by atoms with Crippen molar-refractivity contribution in [1.82, 2.24) is 0 Å². The maximum atomic E-state index is 12.4. The molecule has 0 amide bonds. The van der Waals surface area contributed by atoms with Crippen molar-refractivity contribution >= 4 is 33.3 Å². The molecule has 0 atom stereocenters. The molecule has 0 aliphatic heterocycles. The highest BCUT2D eigenvalue weighted by atomic mass is 79.9. The number of carbonyl (C=O) groups excluding carboxylic acids is 1. The number of hydrogen-bond donors (Lipinski definition) is 0. The molecule has 0 aliphatic carbocycles. The molecule has 0 radical (unpaired) electrons. The van der Waals surface area contributed by atoms with Crippen molar-refractivity contribution in [3.05, 3.63) is 57.0 Å². The Morgan fingerprint density at radius 2 is 1.60 bits per heavy atom. The van der Waals surface area contributed by atoms with Crippen LogP contribution >= 0.6 is 27.5 Å². The number of halogens is 2. The minimum atomic E-state index is -0.108. The van der Waals surface area contributed by atoms with E-state index in [0.29, 0.717) is 27.6 Å². The standard InChI is InChI=1S/C15H12BrClO3/c1-19-13-6-4-9(7-11(13)16)15(18)10-3-5-12(17)14(8-10)20-2/h3-8H,1-2H3. The molecule has 0 aliphatic rings. The first-order valence-electron chi connectivity index (χ1n) is 5.78. The van der Waals surface area contributed by atoms with Gasteiger partial charge in [0, 0.05) is 11.1 Å². The SMILES string of the molecule is COc1cc(C(=O)c2ccc(OC)c(Br)c2)ccc1Cl. The molecular formula is C15H12BrClO3. The molecule has 0 aromatic heterocycles. The second-order valence-corrected chi connectivity index (χ2v) is 5.29. The molecule has 0 fully saturated rings. The third-order valence-electron chi connectivity index (χ3n) is 2.83. The van der Waals surface area contributed by atoms with E-state index in [1.165, 1.54) is 7.11 Å². The Morgan fingerprint density at radius 3 is 2.20 bits per heavy atom. The zero-order chi connectivity index (χ0) is 14.7. The number of methoxy groups -OCH3 is 2. The number of benzene rings is 2. The van der Waals surface area contributed by atoms with Gasteiger partial charge in [-0.15, -0.1) is 0 Å². The van der Waals surface area contributed by atoms with Crippen LogP contribution in [0.5, 0.6) is 11.5 Å². The van der Waals surface area contributed by atoms with Gasteiger partial charge in [-0.25, -0.2) is 0 Å². The summed E-state index contributed by atoms with van der Waals surface area (Å²) < 4.78 is 11.0. The van der Waals surface area contributed by atoms with Gasteiger partial charge >= 0.3 is 0 Å². The molecule has 5 heteroatoms. The monoisotopic (exact) mass is 354 g/mol. The van der Waals surface area contributed by atoms with Gasteiger partial charge < -0.3 is 9.47 Å². The first kappa shape index (κ1) is 14.9. The third kappa shape index (κ3) is 2.97. The number of carbonyl (C=O) groups is 1. The molecule has 0 saturated heterocycles. The van der Waals surface area contributed by atoms with Crippen molar-refractivity contribution in [2.24, 2.45) is 0 Å². The predicted octanol–water partition coefficient (Wildman–Crippen LogP) is 4.35. The maximum Gasteiger partial charge on any atom is 0.193 e. The molecule has 0 N–H and O–H groups in total. The average molecular weight is 356 g/mol. The van der Waals surface area contributed by atoms with Crippen molar-refractivity contribution in [3.8, 4) is 11.5 Å². The quantitative estimate of drug-likeness (QED) is 0.765. The van der Waals surface area contributed by atoms with Crippen molar-refractivity contribution in [2.75, 3.05) is 14.2 Å². The summed E-state index contributed by atoms with van der Waals surface area (Å²) in [6.07, 6.45) is 0. The van der Waals surface area contributed by atoms with E-state index in [0.717, 1.165) is 4.47 Å². The fourth-order valence-electron chi connectivity index (χ4n) is 1.78. The Hall–Kier alpha value is -1.52. The van der Waals surface area contributed by atoms with E-state index in [1.807, 2.05) is 0 Å². The summed E-state index contributed by atoms with van der Waals surface area (Å²) in [4.78, 5) is 12.4. The highest BCUT2D eigenvalue weighted by Gasteiger charge is 2.13. The molecule has 20 heavy (non-hydrogen) atoms. The van der Waals surface area contributed by atoms with Gasteiger partial charge in [-0.3, -0.25) is 4.79 Å². The van der Waals surface area contributed by atoms with Crippen LogP contribution < -0.4 is 9.47 Å². The summed E-state index contributed by atoms with van der Waals surface area (Å²) in [5.41, 5.74) is 1.07. The van der Waals surface area contributed by atoms with Gasteiger partial charge in [0.1, 0.15) is 11.5 Å². The lowest BCUT2D eigenvalue weighted by Gasteiger charge is -2.08. The molecule has 2 aromatic rings. The first-order chi connectivity index (χ1) is 9.56. The van der Waals surface area contributed by atoms with Gasteiger partial charge in [-0.1, -0.05) is 11.6 Å². The normalized spacial score (nSPS) is 10.2. The lowest BCUT2D eigenvalue weighted by Crippen LogP contribution is -2.02. The van der Waals surface area contributed by atoms with Gasteiger partial charge in [-0.2, -0.15) is 0 Å². The summed E-state index contributed by atoms with van der Waals surface area (Å²) in [5, 5.41) is 0.472. The lowest BCUT2D eigenvalue weighted by atomic mass is 10.0. The lowest BCUT2D eigenvalue weighted by molar-refractivity contribution is 0.103. The van der Waals surface area contributed by atoms with Crippen LogP contribution in [-0.4, -0.2) is 20.0 Å². The van der Waals surface area contributed by atoms with Crippen LogP contribution in [0, 0.1) is 0 Å². The summed E-state index contributed by atoms with van der Waals surface area (Å²) in [5.74, 6) is 1.05. The zero-order valence-electron chi connectivity index (χ0n) is 10.9. The Labute approximate surface area is 130 Å². The molecule has 104 valence electrons. The predicted molar refractivity (Wildman–Crippen MR) is 82.1 cm³/mol. The van der Waals surface area contributed by atoms with Gasteiger partial charge in [0.15, 0.2) is 5.78 Å². The van der Waals surface area contributed by atoms with Crippen LogP contribution in [0.4, 0.5) is 0 Å².